The Morgan fingerprint density at radius 2 is 2.24 bits per heavy atom. The molecule has 0 fully saturated rings. The number of thiocarbonyl (C=S) groups is 1. The molecule has 0 heterocycles. The summed E-state index contributed by atoms with van der Waals surface area (Å²) in [4.78, 5) is 13.8. The highest BCUT2D eigenvalue weighted by atomic mass is 79.9. The van der Waals surface area contributed by atoms with Gasteiger partial charge in [0, 0.05) is 24.5 Å². The van der Waals surface area contributed by atoms with E-state index in [9.17, 15) is 9.18 Å². The molecule has 0 aromatic heterocycles. The molecule has 3 nitrogen and oxygen atoms in total. The molecule has 0 aliphatic rings. The lowest BCUT2D eigenvalue weighted by Crippen LogP contribution is -2.30. The maximum atomic E-state index is 12.9. The molecular formula is C11H12BrFN2OS. The van der Waals surface area contributed by atoms with E-state index in [-0.39, 0.29) is 11.7 Å². The average molecular weight is 319 g/mol. The number of carbonyl (C=O) groups excluding carboxylic acids is 1. The van der Waals surface area contributed by atoms with Gasteiger partial charge in [-0.2, -0.15) is 0 Å². The van der Waals surface area contributed by atoms with Crippen LogP contribution >= 0.6 is 28.1 Å². The van der Waals surface area contributed by atoms with Gasteiger partial charge < -0.3 is 10.6 Å². The largest absolute Gasteiger partial charge is 0.393 e. The van der Waals surface area contributed by atoms with Gasteiger partial charge in [0.15, 0.2) is 0 Å². The molecule has 92 valence electrons. The van der Waals surface area contributed by atoms with Crippen molar-refractivity contribution in [1.82, 2.24) is 4.90 Å². The number of nitrogens with zero attached hydrogens (tertiary/aromatic N) is 1. The summed E-state index contributed by atoms with van der Waals surface area (Å²) in [6.07, 6.45) is 0.469. The summed E-state index contributed by atoms with van der Waals surface area (Å²) >= 11 is 7.90. The summed E-state index contributed by atoms with van der Waals surface area (Å²) < 4.78 is 13.3. The summed E-state index contributed by atoms with van der Waals surface area (Å²) in [5.74, 6) is -0.590. The van der Waals surface area contributed by atoms with Gasteiger partial charge in [0.05, 0.1) is 10.6 Å². The highest BCUT2D eigenvalue weighted by Gasteiger charge is 2.15. The molecule has 2 N–H and O–H groups in total. The summed E-state index contributed by atoms with van der Waals surface area (Å²) in [6, 6.07) is 3.95. The Kier molecular flexibility index (Phi) is 5.02. The van der Waals surface area contributed by atoms with Gasteiger partial charge in [-0.15, -0.1) is 0 Å². The zero-order valence-electron chi connectivity index (χ0n) is 9.24. The third-order valence-corrected chi connectivity index (χ3v) is 3.06. The Labute approximate surface area is 113 Å². The van der Waals surface area contributed by atoms with Crippen LogP contribution in [0.3, 0.4) is 0 Å². The standard InChI is InChI=1S/C11H12BrFN2OS/c1-15(5-4-10(14)17)11(16)8-3-2-7(13)6-9(8)12/h2-3,6H,4-5H2,1H3,(H2,14,17). The van der Waals surface area contributed by atoms with Crippen LogP contribution in [0.5, 0.6) is 0 Å². The molecule has 1 amide bonds. The second-order valence-corrected chi connectivity index (χ2v) is 4.95. The first-order chi connectivity index (χ1) is 7.91. The van der Waals surface area contributed by atoms with Gasteiger partial charge in [-0.1, -0.05) is 12.2 Å². The van der Waals surface area contributed by atoms with Gasteiger partial charge in [0.1, 0.15) is 5.82 Å². The fourth-order valence-electron chi connectivity index (χ4n) is 1.25. The number of amides is 1. The van der Waals surface area contributed by atoms with Gasteiger partial charge >= 0.3 is 0 Å². The highest BCUT2D eigenvalue weighted by molar-refractivity contribution is 9.10. The summed E-state index contributed by atoms with van der Waals surface area (Å²) in [7, 11) is 1.65. The van der Waals surface area contributed by atoms with Crippen LogP contribution in [-0.4, -0.2) is 29.4 Å². The van der Waals surface area contributed by atoms with E-state index < -0.39 is 0 Å². The van der Waals surface area contributed by atoms with Crippen molar-refractivity contribution in [1.29, 1.82) is 0 Å². The van der Waals surface area contributed by atoms with Crippen molar-refractivity contribution in [2.24, 2.45) is 5.73 Å². The first kappa shape index (κ1) is 14.1. The van der Waals surface area contributed by atoms with Crippen LogP contribution in [0.15, 0.2) is 22.7 Å². The van der Waals surface area contributed by atoms with Crippen LogP contribution in [-0.2, 0) is 0 Å². The molecule has 0 aliphatic carbocycles. The number of hydrogen-bond acceptors (Lipinski definition) is 2. The van der Waals surface area contributed by atoms with Crippen LogP contribution < -0.4 is 5.73 Å². The fraction of sp³-hybridized carbons (Fsp3) is 0.273. The maximum Gasteiger partial charge on any atom is 0.254 e. The number of hydrogen-bond donors (Lipinski definition) is 1. The molecule has 17 heavy (non-hydrogen) atoms. The average Bonchev–Trinajstić information content (AvgIpc) is 2.25. The molecule has 0 saturated heterocycles. The molecule has 0 unspecified atom stereocenters. The first-order valence-electron chi connectivity index (χ1n) is 4.90. The molecule has 0 spiro atoms. The molecule has 0 saturated carbocycles. The van der Waals surface area contributed by atoms with Gasteiger partial charge in [0.25, 0.3) is 5.91 Å². The molecule has 1 aromatic carbocycles. The Hall–Kier alpha value is -1.01. The minimum Gasteiger partial charge on any atom is -0.393 e. The minimum atomic E-state index is -0.390. The van der Waals surface area contributed by atoms with E-state index in [4.69, 9.17) is 18.0 Å². The predicted molar refractivity (Wildman–Crippen MR) is 72.5 cm³/mol. The summed E-state index contributed by atoms with van der Waals surface area (Å²) in [5.41, 5.74) is 5.78. The van der Waals surface area contributed by atoms with Crippen molar-refractivity contribution in [3.8, 4) is 0 Å². The second kappa shape index (κ2) is 6.07. The van der Waals surface area contributed by atoms with Crippen LogP contribution in [0, 0.1) is 5.82 Å². The quantitative estimate of drug-likeness (QED) is 0.867. The summed E-state index contributed by atoms with van der Waals surface area (Å²) in [5, 5.41) is 0. The van der Waals surface area contributed by atoms with Crippen molar-refractivity contribution >= 4 is 39.0 Å². The van der Waals surface area contributed by atoms with E-state index >= 15 is 0 Å². The predicted octanol–water partition coefficient (Wildman–Crippen LogP) is 2.34. The van der Waals surface area contributed by atoms with Crippen molar-refractivity contribution in [3.63, 3.8) is 0 Å². The van der Waals surface area contributed by atoms with Crippen LogP contribution in [0.1, 0.15) is 16.8 Å². The minimum absolute atomic E-state index is 0.201. The Morgan fingerprint density at radius 1 is 1.59 bits per heavy atom. The fourth-order valence-corrected chi connectivity index (χ4v) is 1.86. The Balaban J connectivity index is 2.78. The van der Waals surface area contributed by atoms with Gasteiger partial charge in [-0.05, 0) is 34.1 Å². The van der Waals surface area contributed by atoms with Crippen LogP contribution in [0.25, 0.3) is 0 Å². The highest BCUT2D eigenvalue weighted by Crippen LogP contribution is 2.19. The molecule has 6 heteroatoms. The van der Waals surface area contributed by atoms with Crippen molar-refractivity contribution in [2.45, 2.75) is 6.42 Å². The lowest BCUT2D eigenvalue weighted by Gasteiger charge is -2.17. The zero-order valence-corrected chi connectivity index (χ0v) is 11.6. The van der Waals surface area contributed by atoms with Crippen molar-refractivity contribution in [3.05, 3.63) is 34.1 Å². The normalized spacial score (nSPS) is 10.1. The van der Waals surface area contributed by atoms with Gasteiger partial charge in [0.2, 0.25) is 0 Å². The molecule has 0 radical (unpaired) electrons. The van der Waals surface area contributed by atoms with E-state index in [1.54, 1.807) is 7.05 Å². The number of carbonyl (C=O) groups is 1. The van der Waals surface area contributed by atoms with Crippen LogP contribution in [0.2, 0.25) is 0 Å². The number of nitrogens with two attached hydrogens (primary N) is 1. The zero-order chi connectivity index (χ0) is 13.0. The second-order valence-electron chi connectivity index (χ2n) is 3.57. The van der Waals surface area contributed by atoms with Gasteiger partial charge in [-0.3, -0.25) is 4.79 Å². The van der Waals surface area contributed by atoms with E-state index in [1.807, 2.05) is 0 Å². The number of halogens is 2. The molecule has 1 aromatic rings. The number of benzene rings is 1. The van der Waals surface area contributed by atoms with Crippen molar-refractivity contribution in [2.75, 3.05) is 13.6 Å². The first-order valence-corrected chi connectivity index (χ1v) is 6.10. The number of rotatable bonds is 4. The third-order valence-electron chi connectivity index (χ3n) is 2.20. The lowest BCUT2D eigenvalue weighted by atomic mass is 10.2. The van der Waals surface area contributed by atoms with Gasteiger partial charge in [-0.25, -0.2) is 4.39 Å². The lowest BCUT2D eigenvalue weighted by molar-refractivity contribution is 0.0798. The Bertz CT molecular complexity index is 453. The molecule has 1 rings (SSSR count). The summed E-state index contributed by atoms with van der Waals surface area (Å²) in [6.45, 7) is 0.442. The smallest absolute Gasteiger partial charge is 0.254 e. The molecule has 0 aliphatic heterocycles. The van der Waals surface area contributed by atoms with E-state index in [1.165, 1.54) is 23.1 Å². The topological polar surface area (TPSA) is 46.3 Å². The van der Waals surface area contributed by atoms with E-state index in [0.717, 1.165) is 0 Å². The van der Waals surface area contributed by atoms with E-state index in [0.29, 0.717) is 28.0 Å². The third kappa shape index (κ3) is 4.05. The maximum absolute atomic E-state index is 12.9. The van der Waals surface area contributed by atoms with E-state index in [2.05, 4.69) is 15.9 Å². The van der Waals surface area contributed by atoms with Crippen LogP contribution in [0.4, 0.5) is 4.39 Å². The SMILES string of the molecule is CN(CCC(N)=S)C(=O)c1ccc(F)cc1Br. The monoisotopic (exact) mass is 318 g/mol. The molecule has 0 atom stereocenters. The Morgan fingerprint density at radius 3 is 2.76 bits per heavy atom. The van der Waals surface area contributed by atoms with Crippen molar-refractivity contribution < 1.29 is 9.18 Å². The molecular weight excluding hydrogens is 307 g/mol. The molecule has 0 bridgehead atoms.